The first-order valence-corrected chi connectivity index (χ1v) is 9.48. The minimum atomic E-state index is -4.78. The number of nitrogens with zero attached hydrogens (tertiary/aromatic N) is 4. The van der Waals surface area contributed by atoms with E-state index in [1.165, 1.54) is 18.5 Å². The first-order chi connectivity index (χ1) is 14.8. The highest BCUT2D eigenvalue weighted by atomic mass is 19.4. The van der Waals surface area contributed by atoms with Crippen LogP contribution < -0.4 is 10.2 Å². The lowest BCUT2D eigenvalue weighted by molar-refractivity contribution is -0.139. The number of hydrogen-bond acceptors (Lipinski definition) is 5. The molecule has 0 bridgehead atoms. The maximum atomic E-state index is 14.3. The molecule has 0 unspecified atom stereocenters. The average molecular weight is 427 g/mol. The Kier molecular flexibility index (Phi) is 5.23. The summed E-state index contributed by atoms with van der Waals surface area (Å²) < 4.78 is 53.2. The molecule has 1 aromatic carbocycles. The molecule has 2 aromatic heterocycles. The Hall–Kier alpha value is -3.67. The summed E-state index contributed by atoms with van der Waals surface area (Å²) in [5.41, 5.74) is 1.90. The van der Waals surface area contributed by atoms with Gasteiger partial charge in [-0.3, -0.25) is 4.98 Å². The SMILES string of the molecule is Cc1cc(C#N)cnc1N1CCc2ncc(Nc3cccc(C(F)(F)F)c3F)cc2C1. The van der Waals surface area contributed by atoms with Crippen molar-refractivity contribution in [2.75, 3.05) is 16.8 Å². The molecule has 0 saturated heterocycles. The molecule has 0 atom stereocenters. The van der Waals surface area contributed by atoms with Crippen LogP contribution in [-0.2, 0) is 19.1 Å². The van der Waals surface area contributed by atoms with Crippen LogP contribution in [-0.4, -0.2) is 16.5 Å². The van der Waals surface area contributed by atoms with E-state index in [-0.39, 0.29) is 5.69 Å². The number of aromatic nitrogens is 2. The zero-order chi connectivity index (χ0) is 22.2. The Balaban J connectivity index is 1.59. The molecular weight excluding hydrogens is 410 g/mol. The number of halogens is 4. The van der Waals surface area contributed by atoms with Gasteiger partial charge in [0, 0.05) is 31.4 Å². The molecule has 31 heavy (non-hydrogen) atoms. The van der Waals surface area contributed by atoms with Gasteiger partial charge in [0.15, 0.2) is 5.82 Å². The highest BCUT2D eigenvalue weighted by Gasteiger charge is 2.35. The number of fused-ring (bicyclic) bond motifs is 1. The lowest BCUT2D eigenvalue weighted by atomic mass is 10.0. The van der Waals surface area contributed by atoms with E-state index in [0.717, 1.165) is 28.7 Å². The smallest absolute Gasteiger partial charge is 0.352 e. The molecule has 3 heterocycles. The number of nitrogens with one attached hydrogen (secondary N) is 1. The lowest BCUT2D eigenvalue weighted by Crippen LogP contribution is -2.32. The summed E-state index contributed by atoms with van der Waals surface area (Å²) in [5, 5.41) is 11.7. The number of nitriles is 1. The fourth-order valence-electron chi connectivity index (χ4n) is 3.64. The molecule has 0 radical (unpaired) electrons. The fraction of sp³-hybridized carbons (Fsp3) is 0.227. The number of alkyl halides is 3. The monoisotopic (exact) mass is 427 g/mol. The van der Waals surface area contributed by atoms with Crippen LogP contribution in [0.5, 0.6) is 0 Å². The second kappa shape index (κ2) is 7.87. The Morgan fingerprint density at radius 2 is 1.97 bits per heavy atom. The van der Waals surface area contributed by atoms with Gasteiger partial charge in [0.05, 0.1) is 28.7 Å². The Bertz CT molecular complexity index is 1180. The summed E-state index contributed by atoms with van der Waals surface area (Å²) in [6.07, 6.45) is -1.11. The van der Waals surface area contributed by atoms with Crippen molar-refractivity contribution in [3.63, 3.8) is 0 Å². The highest BCUT2D eigenvalue weighted by Crippen LogP contribution is 2.35. The molecule has 0 spiro atoms. The first kappa shape index (κ1) is 20.6. The van der Waals surface area contributed by atoms with Crippen LogP contribution >= 0.6 is 0 Å². The minimum Gasteiger partial charge on any atom is -0.352 e. The van der Waals surface area contributed by atoms with Crippen molar-refractivity contribution in [3.05, 3.63) is 76.5 Å². The standard InChI is InChI=1S/C22H17F4N5/c1-13-7-14(9-27)10-29-21(13)31-6-5-18-15(12-31)8-16(11-28-18)30-19-4-2-3-17(20(19)23)22(24,25)26/h2-4,7-8,10-11,30H,5-6,12H2,1H3. The topological polar surface area (TPSA) is 64.8 Å². The molecular formula is C22H17F4N5. The van der Waals surface area contributed by atoms with E-state index in [4.69, 9.17) is 5.26 Å². The van der Waals surface area contributed by atoms with Crippen LogP contribution in [0.4, 0.5) is 34.8 Å². The fourth-order valence-corrected chi connectivity index (χ4v) is 3.64. The van der Waals surface area contributed by atoms with Gasteiger partial charge in [0.2, 0.25) is 0 Å². The average Bonchev–Trinajstić information content (AvgIpc) is 2.73. The largest absolute Gasteiger partial charge is 0.419 e. The zero-order valence-corrected chi connectivity index (χ0v) is 16.5. The van der Waals surface area contributed by atoms with Crippen molar-refractivity contribution in [2.24, 2.45) is 0 Å². The third kappa shape index (κ3) is 4.14. The van der Waals surface area contributed by atoms with Crippen LogP contribution in [0.3, 0.4) is 0 Å². The summed E-state index contributed by atoms with van der Waals surface area (Å²) in [6, 6.07) is 8.70. The number of pyridine rings is 2. The molecule has 9 heteroatoms. The number of rotatable bonds is 3. The van der Waals surface area contributed by atoms with Crippen LogP contribution in [0.2, 0.25) is 0 Å². The molecule has 4 rings (SSSR count). The summed E-state index contributed by atoms with van der Waals surface area (Å²) in [4.78, 5) is 10.8. The van der Waals surface area contributed by atoms with Crippen molar-refractivity contribution < 1.29 is 17.6 Å². The highest BCUT2D eigenvalue weighted by molar-refractivity contribution is 5.62. The van der Waals surface area contributed by atoms with Crippen LogP contribution in [0.15, 0.2) is 42.7 Å². The Labute approximate surface area is 176 Å². The van der Waals surface area contributed by atoms with Crippen LogP contribution in [0, 0.1) is 24.1 Å². The van der Waals surface area contributed by atoms with Gasteiger partial charge >= 0.3 is 6.18 Å². The van der Waals surface area contributed by atoms with Crippen molar-refractivity contribution in [1.29, 1.82) is 5.26 Å². The molecule has 0 aliphatic carbocycles. The predicted octanol–water partition coefficient (Wildman–Crippen LogP) is 5.12. The molecule has 3 aromatic rings. The van der Waals surface area contributed by atoms with Gasteiger partial charge in [0.1, 0.15) is 11.9 Å². The summed E-state index contributed by atoms with van der Waals surface area (Å²) in [5.74, 6) is -0.598. The molecule has 1 aliphatic rings. The molecule has 0 amide bonds. The van der Waals surface area contributed by atoms with Crippen LogP contribution in [0.1, 0.15) is 27.9 Å². The maximum absolute atomic E-state index is 14.3. The zero-order valence-electron chi connectivity index (χ0n) is 16.5. The Morgan fingerprint density at radius 1 is 1.16 bits per heavy atom. The second-order valence-corrected chi connectivity index (χ2v) is 7.27. The van der Waals surface area contributed by atoms with Gasteiger partial charge in [0.25, 0.3) is 0 Å². The van der Waals surface area contributed by atoms with E-state index in [1.54, 1.807) is 12.1 Å². The first-order valence-electron chi connectivity index (χ1n) is 9.48. The predicted molar refractivity (Wildman–Crippen MR) is 107 cm³/mol. The lowest BCUT2D eigenvalue weighted by Gasteiger charge is -2.30. The number of hydrogen-bond donors (Lipinski definition) is 1. The van der Waals surface area contributed by atoms with Crippen molar-refractivity contribution in [2.45, 2.75) is 26.1 Å². The van der Waals surface area contributed by atoms with E-state index in [0.29, 0.717) is 36.8 Å². The van der Waals surface area contributed by atoms with Crippen molar-refractivity contribution in [3.8, 4) is 6.07 Å². The van der Waals surface area contributed by atoms with Gasteiger partial charge in [-0.1, -0.05) is 6.07 Å². The minimum absolute atomic E-state index is 0.270. The van der Waals surface area contributed by atoms with Gasteiger partial charge in [-0.15, -0.1) is 0 Å². The molecule has 0 fully saturated rings. The van der Waals surface area contributed by atoms with Gasteiger partial charge in [-0.2, -0.15) is 18.4 Å². The number of anilines is 3. The van der Waals surface area contributed by atoms with E-state index in [9.17, 15) is 17.6 Å². The summed E-state index contributed by atoms with van der Waals surface area (Å²) in [6.45, 7) is 3.06. The Morgan fingerprint density at radius 3 is 2.68 bits per heavy atom. The van der Waals surface area contributed by atoms with Crippen molar-refractivity contribution >= 4 is 17.2 Å². The normalized spacial score (nSPS) is 13.5. The molecule has 0 saturated carbocycles. The number of benzene rings is 1. The molecule has 158 valence electrons. The van der Waals surface area contributed by atoms with Crippen molar-refractivity contribution in [1.82, 2.24) is 9.97 Å². The third-order valence-electron chi connectivity index (χ3n) is 5.10. The quantitative estimate of drug-likeness (QED) is 0.588. The van der Waals surface area contributed by atoms with Gasteiger partial charge in [-0.05, 0) is 42.3 Å². The van der Waals surface area contributed by atoms with E-state index in [2.05, 4.69) is 26.3 Å². The van der Waals surface area contributed by atoms with Gasteiger partial charge < -0.3 is 10.2 Å². The second-order valence-electron chi connectivity index (χ2n) is 7.27. The molecule has 1 N–H and O–H groups in total. The van der Waals surface area contributed by atoms with Gasteiger partial charge in [-0.25, -0.2) is 9.37 Å². The molecule has 1 aliphatic heterocycles. The molecule has 5 nitrogen and oxygen atoms in total. The number of aryl methyl sites for hydroxylation is 1. The maximum Gasteiger partial charge on any atom is 0.419 e. The summed E-state index contributed by atoms with van der Waals surface area (Å²) in [7, 11) is 0. The van der Waals surface area contributed by atoms with E-state index < -0.39 is 17.6 Å². The van der Waals surface area contributed by atoms with E-state index in [1.807, 2.05) is 6.92 Å². The van der Waals surface area contributed by atoms with Crippen LogP contribution in [0.25, 0.3) is 0 Å². The third-order valence-corrected chi connectivity index (χ3v) is 5.10. The summed E-state index contributed by atoms with van der Waals surface area (Å²) >= 11 is 0. The van der Waals surface area contributed by atoms with E-state index >= 15 is 0 Å².